The van der Waals surface area contributed by atoms with Crippen molar-refractivity contribution in [3.05, 3.63) is 113 Å². The van der Waals surface area contributed by atoms with Crippen LogP contribution in [0.1, 0.15) is 56.4 Å². The summed E-state index contributed by atoms with van der Waals surface area (Å²) in [5.74, 6) is 0.0683. The van der Waals surface area contributed by atoms with Crippen molar-refractivity contribution < 1.29 is 4.79 Å². The zero-order valence-corrected chi connectivity index (χ0v) is 19.6. The predicted molar refractivity (Wildman–Crippen MR) is 137 cm³/mol. The summed E-state index contributed by atoms with van der Waals surface area (Å²) in [6.45, 7) is 9.69. The van der Waals surface area contributed by atoms with Crippen LogP contribution in [0.2, 0.25) is 0 Å². The maximum absolute atomic E-state index is 12.5. The SMILES string of the molecule is CCC(=C(c1ccccc1)c1ccc(C(C)=CC(=O)N(CC)CC)cc1)c1ccccc1. The van der Waals surface area contributed by atoms with Crippen LogP contribution in [-0.4, -0.2) is 23.9 Å². The zero-order chi connectivity index (χ0) is 22.9. The van der Waals surface area contributed by atoms with Gasteiger partial charge in [-0.3, -0.25) is 4.79 Å². The topological polar surface area (TPSA) is 20.3 Å². The Morgan fingerprint density at radius 2 is 1.16 bits per heavy atom. The van der Waals surface area contributed by atoms with Crippen molar-refractivity contribution in [1.29, 1.82) is 0 Å². The van der Waals surface area contributed by atoms with E-state index in [1.807, 2.05) is 25.7 Å². The Hall–Kier alpha value is -3.39. The van der Waals surface area contributed by atoms with E-state index in [0.29, 0.717) is 0 Å². The number of hydrogen-bond acceptors (Lipinski definition) is 1. The Morgan fingerprint density at radius 3 is 1.66 bits per heavy atom. The summed E-state index contributed by atoms with van der Waals surface area (Å²) < 4.78 is 0. The fourth-order valence-electron chi connectivity index (χ4n) is 4.08. The van der Waals surface area contributed by atoms with Crippen LogP contribution >= 0.6 is 0 Å². The summed E-state index contributed by atoms with van der Waals surface area (Å²) in [4.78, 5) is 14.3. The van der Waals surface area contributed by atoms with Gasteiger partial charge >= 0.3 is 0 Å². The zero-order valence-electron chi connectivity index (χ0n) is 19.6. The first kappa shape index (κ1) is 23.3. The number of rotatable bonds is 8. The molecule has 0 unspecified atom stereocenters. The van der Waals surface area contributed by atoms with Crippen LogP contribution in [0.4, 0.5) is 0 Å². The van der Waals surface area contributed by atoms with Gasteiger partial charge in [0.2, 0.25) is 5.91 Å². The van der Waals surface area contributed by atoms with E-state index >= 15 is 0 Å². The fourth-order valence-corrected chi connectivity index (χ4v) is 4.08. The summed E-state index contributed by atoms with van der Waals surface area (Å²) in [5, 5.41) is 0. The molecule has 2 nitrogen and oxygen atoms in total. The maximum Gasteiger partial charge on any atom is 0.246 e. The number of nitrogens with zero attached hydrogens (tertiary/aromatic N) is 1. The first-order valence-corrected chi connectivity index (χ1v) is 11.5. The van der Waals surface area contributed by atoms with Gasteiger partial charge in [0.1, 0.15) is 0 Å². The van der Waals surface area contributed by atoms with E-state index in [-0.39, 0.29) is 5.91 Å². The molecule has 0 saturated heterocycles. The molecule has 0 spiro atoms. The van der Waals surface area contributed by atoms with Gasteiger partial charge in [-0.1, -0.05) is 91.9 Å². The molecule has 0 radical (unpaired) electrons. The number of likely N-dealkylation sites (N-methyl/N-ethyl adjacent to an activating group) is 1. The van der Waals surface area contributed by atoms with Crippen LogP contribution in [-0.2, 0) is 4.79 Å². The van der Waals surface area contributed by atoms with Gasteiger partial charge in [-0.25, -0.2) is 0 Å². The lowest BCUT2D eigenvalue weighted by atomic mass is 9.87. The van der Waals surface area contributed by atoms with E-state index in [2.05, 4.69) is 91.9 Å². The minimum absolute atomic E-state index is 0.0683. The lowest BCUT2D eigenvalue weighted by Gasteiger charge is -2.18. The molecule has 32 heavy (non-hydrogen) atoms. The standard InChI is InChI=1S/C30H33NO/c1-5-28(25-14-10-8-11-15-25)30(26-16-12-9-13-17-26)27-20-18-24(19-21-27)23(4)22-29(32)31(6-2)7-3/h8-22H,5-7H2,1-4H3. The number of amides is 1. The molecule has 0 heterocycles. The molecule has 3 aromatic carbocycles. The van der Waals surface area contributed by atoms with Crippen LogP contribution in [0.15, 0.2) is 91.0 Å². The van der Waals surface area contributed by atoms with E-state index in [1.165, 1.54) is 27.8 Å². The maximum atomic E-state index is 12.5. The minimum Gasteiger partial charge on any atom is -0.340 e. The molecule has 2 heteroatoms. The van der Waals surface area contributed by atoms with Gasteiger partial charge in [-0.2, -0.15) is 0 Å². The van der Waals surface area contributed by atoms with Crippen molar-refractivity contribution in [1.82, 2.24) is 4.90 Å². The van der Waals surface area contributed by atoms with Crippen LogP contribution in [0.25, 0.3) is 16.7 Å². The average molecular weight is 424 g/mol. The fraction of sp³-hybridized carbons (Fsp3) is 0.233. The highest BCUT2D eigenvalue weighted by Gasteiger charge is 2.13. The Kier molecular flexibility index (Phi) is 8.21. The quantitative estimate of drug-likeness (QED) is 0.274. The van der Waals surface area contributed by atoms with Crippen molar-refractivity contribution in [2.75, 3.05) is 13.1 Å². The first-order valence-electron chi connectivity index (χ1n) is 11.5. The molecule has 164 valence electrons. The van der Waals surface area contributed by atoms with E-state index in [1.54, 1.807) is 6.08 Å². The molecule has 0 saturated carbocycles. The molecule has 0 atom stereocenters. The van der Waals surface area contributed by atoms with Gasteiger partial charge in [0.25, 0.3) is 0 Å². The molecule has 0 bridgehead atoms. The highest BCUT2D eigenvalue weighted by molar-refractivity contribution is 5.99. The Morgan fingerprint density at radius 1 is 0.688 bits per heavy atom. The van der Waals surface area contributed by atoms with Crippen molar-refractivity contribution in [2.24, 2.45) is 0 Å². The normalized spacial score (nSPS) is 12.3. The third kappa shape index (κ3) is 5.45. The summed E-state index contributed by atoms with van der Waals surface area (Å²) in [6.07, 6.45) is 2.69. The van der Waals surface area contributed by atoms with Crippen LogP contribution in [0, 0.1) is 0 Å². The Labute approximate surface area is 192 Å². The van der Waals surface area contributed by atoms with Crippen LogP contribution < -0.4 is 0 Å². The minimum atomic E-state index is 0.0683. The molecule has 3 rings (SSSR count). The second kappa shape index (κ2) is 11.3. The molecule has 3 aromatic rings. The molecule has 0 N–H and O–H groups in total. The third-order valence-corrected chi connectivity index (χ3v) is 5.88. The van der Waals surface area contributed by atoms with Gasteiger partial charge in [0, 0.05) is 19.2 Å². The number of carbonyl (C=O) groups is 1. The predicted octanol–water partition coefficient (Wildman–Crippen LogP) is 7.33. The first-order chi connectivity index (χ1) is 15.6. The van der Waals surface area contributed by atoms with Crippen molar-refractivity contribution in [3.63, 3.8) is 0 Å². The van der Waals surface area contributed by atoms with Crippen molar-refractivity contribution in [3.8, 4) is 0 Å². The lowest BCUT2D eigenvalue weighted by molar-refractivity contribution is -0.125. The van der Waals surface area contributed by atoms with Gasteiger partial charge < -0.3 is 4.90 Å². The van der Waals surface area contributed by atoms with E-state index in [4.69, 9.17) is 0 Å². The van der Waals surface area contributed by atoms with Crippen molar-refractivity contribution in [2.45, 2.75) is 34.1 Å². The van der Waals surface area contributed by atoms with Gasteiger partial charge in [0.15, 0.2) is 0 Å². The number of carbonyl (C=O) groups excluding carboxylic acids is 1. The second-order valence-corrected chi connectivity index (χ2v) is 7.85. The highest BCUT2D eigenvalue weighted by atomic mass is 16.2. The third-order valence-electron chi connectivity index (χ3n) is 5.88. The van der Waals surface area contributed by atoms with Gasteiger partial charge in [-0.05, 0) is 66.2 Å². The number of hydrogen-bond donors (Lipinski definition) is 0. The number of benzene rings is 3. The molecule has 0 aliphatic carbocycles. The smallest absolute Gasteiger partial charge is 0.246 e. The summed E-state index contributed by atoms with van der Waals surface area (Å²) >= 11 is 0. The monoisotopic (exact) mass is 423 g/mol. The number of allylic oxidation sites excluding steroid dienone is 2. The Bertz CT molecular complexity index is 1070. The highest BCUT2D eigenvalue weighted by Crippen LogP contribution is 2.34. The molecular weight excluding hydrogens is 390 g/mol. The molecule has 0 aromatic heterocycles. The van der Waals surface area contributed by atoms with Gasteiger partial charge in [0.05, 0.1) is 0 Å². The summed E-state index contributed by atoms with van der Waals surface area (Å²) in [5.41, 5.74) is 8.28. The molecule has 0 aliphatic rings. The van der Waals surface area contributed by atoms with E-state index in [9.17, 15) is 4.79 Å². The summed E-state index contributed by atoms with van der Waals surface area (Å²) in [7, 11) is 0. The average Bonchev–Trinajstić information content (AvgIpc) is 2.84. The lowest BCUT2D eigenvalue weighted by Crippen LogP contribution is -2.28. The molecule has 1 amide bonds. The van der Waals surface area contributed by atoms with E-state index in [0.717, 1.165) is 30.6 Å². The van der Waals surface area contributed by atoms with E-state index < -0.39 is 0 Å². The molecule has 0 aliphatic heterocycles. The van der Waals surface area contributed by atoms with Crippen molar-refractivity contribution >= 4 is 22.6 Å². The van der Waals surface area contributed by atoms with Crippen LogP contribution in [0.5, 0.6) is 0 Å². The molecule has 0 fully saturated rings. The largest absolute Gasteiger partial charge is 0.340 e. The second-order valence-electron chi connectivity index (χ2n) is 7.85. The van der Waals surface area contributed by atoms with Gasteiger partial charge in [-0.15, -0.1) is 0 Å². The molecular formula is C30H33NO. The van der Waals surface area contributed by atoms with Crippen LogP contribution in [0.3, 0.4) is 0 Å². The summed E-state index contributed by atoms with van der Waals surface area (Å²) in [6, 6.07) is 29.8. The Balaban J connectivity index is 2.04.